The Kier molecular flexibility index (Phi) is 5.32. The van der Waals surface area contributed by atoms with Crippen molar-refractivity contribution in [1.29, 1.82) is 0 Å². The van der Waals surface area contributed by atoms with Crippen molar-refractivity contribution in [2.45, 2.75) is 19.4 Å². The zero-order valence-corrected chi connectivity index (χ0v) is 15.0. The van der Waals surface area contributed by atoms with Crippen LogP contribution >= 0.6 is 0 Å². The Morgan fingerprint density at radius 1 is 1.15 bits per heavy atom. The molecule has 0 unspecified atom stereocenters. The molecule has 2 amide bonds. The number of likely N-dealkylation sites (N-methyl/N-ethyl adjacent to an activating group) is 1. The van der Waals surface area contributed by atoms with E-state index < -0.39 is 6.04 Å². The van der Waals surface area contributed by atoms with Crippen molar-refractivity contribution in [3.05, 3.63) is 29.8 Å². The van der Waals surface area contributed by atoms with Crippen LogP contribution in [0.15, 0.2) is 29.3 Å². The van der Waals surface area contributed by atoms with Crippen LogP contribution in [0.5, 0.6) is 0 Å². The number of guanidine groups is 1. The van der Waals surface area contributed by atoms with Gasteiger partial charge in [-0.1, -0.05) is 0 Å². The van der Waals surface area contributed by atoms with Gasteiger partial charge in [0.15, 0.2) is 5.78 Å². The predicted molar refractivity (Wildman–Crippen MR) is 98.1 cm³/mol. The van der Waals surface area contributed by atoms with E-state index in [2.05, 4.69) is 20.5 Å². The first-order chi connectivity index (χ1) is 12.4. The van der Waals surface area contributed by atoms with Crippen LogP contribution in [0.3, 0.4) is 0 Å². The molecule has 2 aliphatic heterocycles. The third kappa shape index (κ3) is 4.26. The van der Waals surface area contributed by atoms with Crippen LogP contribution in [-0.2, 0) is 9.59 Å². The van der Waals surface area contributed by atoms with Crippen LogP contribution in [0.2, 0.25) is 0 Å². The van der Waals surface area contributed by atoms with Gasteiger partial charge in [0.2, 0.25) is 17.8 Å². The largest absolute Gasteiger partial charge is 0.340 e. The fourth-order valence-corrected chi connectivity index (χ4v) is 2.92. The molecule has 8 heteroatoms. The Hall–Kier alpha value is -2.74. The molecule has 2 N–H and O–H groups in total. The minimum atomic E-state index is -0.758. The molecule has 1 aromatic carbocycles. The number of piperazine rings is 1. The predicted octanol–water partition coefficient (Wildman–Crippen LogP) is 0.320. The lowest BCUT2D eigenvalue weighted by molar-refractivity contribution is -0.125. The summed E-state index contributed by atoms with van der Waals surface area (Å²) < 4.78 is 0. The van der Waals surface area contributed by atoms with Crippen molar-refractivity contribution in [3.63, 3.8) is 0 Å². The monoisotopic (exact) mass is 357 g/mol. The Labute approximate surface area is 152 Å². The van der Waals surface area contributed by atoms with Crippen LogP contribution in [0, 0.1) is 0 Å². The molecule has 0 bridgehead atoms. The van der Waals surface area contributed by atoms with E-state index in [0.717, 1.165) is 26.2 Å². The van der Waals surface area contributed by atoms with Crippen molar-refractivity contribution in [3.8, 4) is 0 Å². The molecule has 2 aliphatic rings. The Balaban J connectivity index is 1.68. The van der Waals surface area contributed by atoms with E-state index >= 15 is 0 Å². The molecule has 1 atom stereocenters. The van der Waals surface area contributed by atoms with Crippen LogP contribution in [0.4, 0.5) is 5.69 Å². The van der Waals surface area contributed by atoms with Gasteiger partial charge in [0.1, 0.15) is 6.04 Å². The van der Waals surface area contributed by atoms with Gasteiger partial charge in [0.05, 0.1) is 6.42 Å². The Bertz CT molecular complexity index is 736. The molecule has 0 saturated carbocycles. The maximum atomic E-state index is 12.5. The van der Waals surface area contributed by atoms with Gasteiger partial charge >= 0.3 is 0 Å². The second-order valence-electron chi connectivity index (χ2n) is 6.63. The summed E-state index contributed by atoms with van der Waals surface area (Å²) in [6.45, 7) is 4.78. The molecule has 26 heavy (non-hydrogen) atoms. The fraction of sp³-hybridized carbons (Fsp3) is 0.444. The quantitative estimate of drug-likeness (QED) is 0.760. The number of amides is 2. The molecule has 3 rings (SSSR count). The third-order valence-electron chi connectivity index (χ3n) is 4.57. The second-order valence-corrected chi connectivity index (χ2v) is 6.63. The molecule has 138 valence electrons. The van der Waals surface area contributed by atoms with Crippen molar-refractivity contribution in [2.24, 2.45) is 4.99 Å². The summed E-state index contributed by atoms with van der Waals surface area (Å²) in [6, 6.07) is 5.89. The van der Waals surface area contributed by atoms with E-state index in [1.807, 2.05) is 11.9 Å². The lowest BCUT2D eigenvalue weighted by atomic mass is 10.1. The number of benzene rings is 1. The van der Waals surface area contributed by atoms with Crippen LogP contribution in [0.1, 0.15) is 23.7 Å². The fourth-order valence-electron chi connectivity index (χ4n) is 2.92. The maximum Gasteiger partial charge on any atom is 0.249 e. The van der Waals surface area contributed by atoms with Gasteiger partial charge < -0.3 is 15.1 Å². The van der Waals surface area contributed by atoms with Crippen LogP contribution in [-0.4, -0.2) is 72.6 Å². The number of Topliss-reactive ketones (excluding diaryl/α,β-unsaturated/α-hetero) is 1. The van der Waals surface area contributed by atoms with Crippen LogP contribution in [0.25, 0.3) is 0 Å². The molecule has 1 saturated heterocycles. The second kappa shape index (κ2) is 7.65. The summed E-state index contributed by atoms with van der Waals surface area (Å²) in [5.41, 5.74) is 1.15. The molecule has 0 spiro atoms. The summed E-state index contributed by atoms with van der Waals surface area (Å²) in [5, 5.41) is 5.54. The van der Waals surface area contributed by atoms with Gasteiger partial charge in [0, 0.05) is 37.4 Å². The number of aliphatic imine (C=N–C) groups is 1. The van der Waals surface area contributed by atoms with Crippen molar-refractivity contribution in [2.75, 3.05) is 38.5 Å². The highest BCUT2D eigenvalue weighted by Crippen LogP contribution is 2.14. The first kappa shape index (κ1) is 18.1. The van der Waals surface area contributed by atoms with Gasteiger partial charge in [-0.25, -0.2) is 4.99 Å². The lowest BCUT2D eigenvalue weighted by Crippen LogP contribution is -2.55. The van der Waals surface area contributed by atoms with Crippen molar-refractivity contribution < 1.29 is 14.4 Å². The highest BCUT2D eigenvalue weighted by molar-refractivity contribution is 6.06. The zero-order valence-electron chi connectivity index (χ0n) is 15.0. The molecule has 1 aromatic rings. The number of rotatable bonds is 3. The molecular weight excluding hydrogens is 334 g/mol. The maximum absolute atomic E-state index is 12.5. The lowest BCUT2D eigenvalue weighted by Gasteiger charge is -2.36. The van der Waals surface area contributed by atoms with E-state index in [1.54, 1.807) is 24.3 Å². The zero-order chi connectivity index (χ0) is 18.7. The van der Waals surface area contributed by atoms with Crippen LogP contribution < -0.4 is 10.6 Å². The minimum Gasteiger partial charge on any atom is -0.340 e. The van der Waals surface area contributed by atoms with Gasteiger partial charge in [-0.05, 0) is 38.2 Å². The number of hydrogen-bond donors (Lipinski definition) is 2. The number of hydrogen-bond acceptors (Lipinski definition) is 6. The third-order valence-corrected chi connectivity index (χ3v) is 4.57. The summed E-state index contributed by atoms with van der Waals surface area (Å²) in [7, 11) is 2.05. The normalized spacial score (nSPS) is 21.0. The first-order valence-corrected chi connectivity index (χ1v) is 8.65. The molecule has 0 radical (unpaired) electrons. The topological polar surface area (TPSA) is 94.1 Å². The molecule has 0 aliphatic carbocycles. The molecule has 1 fully saturated rings. The number of carbonyl (C=O) groups excluding carboxylic acids is 3. The number of carbonyl (C=O) groups is 3. The smallest absolute Gasteiger partial charge is 0.249 e. The molecule has 8 nitrogen and oxygen atoms in total. The highest BCUT2D eigenvalue weighted by atomic mass is 16.2. The van der Waals surface area contributed by atoms with Gasteiger partial charge in [-0.15, -0.1) is 0 Å². The Morgan fingerprint density at radius 2 is 1.81 bits per heavy atom. The van der Waals surface area contributed by atoms with Gasteiger partial charge in [-0.3, -0.25) is 19.7 Å². The molecule has 0 aromatic heterocycles. The van der Waals surface area contributed by atoms with E-state index in [1.165, 1.54) is 6.92 Å². The number of nitrogens with one attached hydrogen (secondary N) is 2. The number of anilines is 1. The highest BCUT2D eigenvalue weighted by Gasteiger charge is 2.30. The van der Waals surface area contributed by atoms with E-state index in [0.29, 0.717) is 17.2 Å². The first-order valence-electron chi connectivity index (χ1n) is 8.65. The van der Waals surface area contributed by atoms with Crippen molar-refractivity contribution >= 4 is 29.2 Å². The molecular formula is C18H23N5O3. The summed E-state index contributed by atoms with van der Waals surface area (Å²) in [4.78, 5) is 44.5. The number of nitrogens with zero attached hydrogens (tertiary/aromatic N) is 3. The van der Waals surface area contributed by atoms with Crippen molar-refractivity contribution in [1.82, 2.24) is 15.1 Å². The minimum absolute atomic E-state index is 0.0224. The van der Waals surface area contributed by atoms with Gasteiger partial charge in [-0.2, -0.15) is 0 Å². The summed E-state index contributed by atoms with van der Waals surface area (Å²) in [5.74, 6) is -0.0993. The van der Waals surface area contributed by atoms with E-state index in [4.69, 9.17) is 0 Å². The standard InChI is InChI=1S/C18H23N5O3/c1-12(24)13-3-5-14(6-4-13)19-17(26)15-11-16(25)21-18(20-15)23-9-7-22(2)8-10-23/h3-6,15H,7-11H2,1-2H3,(H,19,26)(H,20,21,25)/t15-/m1/s1. The summed E-state index contributed by atoms with van der Waals surface area (Å²) in [6.07, 6.45) is 0.0224. The summed E-state index contributed by atoms with van der Waals surface area (Å²) >= 11 is 0. The average Bonchev–Trinajstić information content (AvgIpc) is 2.62. The van der Waals surface area contributed by atoms with E-state index in [-0.39, 0.29) is 24.0 Å². The number of ketones is 1. The molecule has 2 heterocycles. The van der Waals surface area contributed by atoms with Gasteiger partial charge in [0.25, 0.3) is 0 Å². The SMILES string of the molecule is CC(=O)c1ccc(NC(=O)[C@H]2CC(=O)NC(N3CCN(C)CC3)=N2)cc1. The van der Waals surface area contributed by atoms with E-state index in [9.17, 15) is 14.4 Å². The average molecular weight is 357 g/mol. The Morgan fingerprint density at radius 3 is 2.42 bits per heavy atom.